The van der Waals surface area contributed by atoms with Gasteiger partial charge in [-0.2, -0.15) is 0 Å². The van der Waals surface area contributed by atoms with Gasteiger partial charge in [-0.05, 0) is 31.2 Å². The minimum atomic E-state index is -3.44. The Morgan fingerprint density at radius 2 is 1.72 bits per heavy atom. The van der Waals surface area contributed by atoms with Gasteiger partial charge in [0.2, 0.25) is 10.0 Å². The molecule has 0 aliphatic carbocycles. The predicted molar refractivity (Wildman–Crippen MR) is 70.8 cm³/mol. The van der Waals surface area contributed by atoms with E-state index in [1.54, 1.807) is 6.92 Å². The summed E-state index contributed by atoms with van der Waals surface area (Å²) in [4.78, 5) is 11.5. The summed E-state index contributed by atoms with van der Waals surface area (Å²) in [6.07, 6.45) is 0. The molecule has 0 atom stereocenters. The highest BCUT2D eigenvalue weighted by Crippen LogP contribution is 2.16. The van der Waals surface area contributed by atoms with E-state index in [0.717, 1.165) is 4.31 Å². The summed E-state index contributed by atoms with van der Waals surface area (Å²) in [5.41, 5.74) is 0.917. The monoisotopic (exact) mass is 268 g/mol. The number of nitrogens with one attached hydrogen (secondary N) is 1. The molecule has 1 N–H and O–H groups in total. The standard InChI is InChI=1S/C12H16N2O3S/c1-9(2)12(15)13-10-5-7-11(8-6-10)18(16,17)14(3)4/h5-8H,1H2,2-4H3,(H,13,15). The Balaban J connectivity index is 2.94. The van der Waals surface area contributed by atoms with Crippen LogP contribution in [0, 0.1) is 0 Å². The maximum absolute atomic E-state index is 11.8. The van der Waals surface area contributed by atoms with E-state index in [0.29, 0.717) is 11.3 Å². The topological polar surface area (TPSA) is 66.5 Å². The molecule has 0 aliphatic rings. The lowest BCUT2D eigenvalue weighted by Crippen LogP contribution is -2.22. The van der Waals surface area contributed by atoms with Crippen LogP contribution in [0.3, 0.4) is 0 Å². The highest BCUT2D eigenvalue weighted by Gasteiger charge is 2.16. The van der Waals surface area contributed by atoms with Gasteiger partial charge in [-0.15, -0.1) is 0 Å². The number of rotatable bonds is 4. The van der Waals surface area contributed by atoms with Gasteiger partial charge in [0.15, 0.2) is 0 Å². The van der Waals surface area contributed by atoms with Crippen LogP contribution in [0.4, 0.5) is 5.69 Å². The highest BCUT2D eigenvalue weighted by atomic mass is 32.2. The molecule has 1 aromatic rings. The Morgan fingerprint density at radius 1 is 1.22 bits per heavy atom. The smallest absolute Gasteiger partial charge is 0.250 e. The zero-order valence-corrected chi connectivity index (χ0v) is 11.4. The van der Waals surface area contributed by atoms with Crippen molar-refractivity contribution in [2.75, 3.05) is 19.4 Å². The number of sulfonamides is 1. The fourth-order valence-corrected chi connectivity index (χ4v) is 2.06. The molecule has 1 amide bonds. The highest BCUT2D eigenvalue weighted by molar-refractivity contribution is 7.89. The first-order valence-electron chi connectivity index (χ1n) is 5.24. The molecular weight excluding hydrogens is 252 g/mol. The van der Waals surface area contributed by atoms with E-state index in [9.17, 15) is 13.2 Å². The van der Waals surface area contributed by atoms with E-state index in [1.807, 2.05) is 0 Å². The van der Waals surface area contributed by atoms with Crippen LogP contribution < -0.4 is 5.32 Å². The SMILES string of the molecule is C=C(C)C(=O)Nc1ccc(S(=O)(=O)N(C)C)cc1. The molecule has 6 heteroatoms. The minimum absolute atomic E-state index is 0.181. The Bertz CT molecular complexity index is 559. The number of nitrogens with zero attached hydrogens (tertiary/aromatic N) is 1. The molecule has 0 saturated carbocycles. The summed E-state index contributed by atoms with van der Waals surface area (Å²) in [7, 11) is -0.507. The first-order valence-corrected chi connectivity index (χ1v) is 6.68. The van der Waals surface area contributed by atoms with Crippen molar-refractivity contribution in [1.82, 2.24) is 4.31 Å². The quantitative estimate of drug-likeness (QED) is 0.840. The van der Waals surface area contributed by atoms with Crippen LogP contribution in [0.1, 0.15) is 6.92 Å². The van der Waals surface area contributed by atoms with E-state index in [-0.39, 0.29) is 10.8 Å². The summed E-state index contributed by atoms with van der Waals surface area (Å²) >= 11 is 0. The first-order chi connectivity index (χ1) is 8.25. The van der Waals surface area contributed by atoms with E-state index in [1.165, 1.54) is 38.4 Å². The molecular formula is C12H16N2O3S. The minimum Gasteiger partial charge on any atom is -0.322 e. The number of hydrogen-bond acceptors (Lipinski definition) is 3. The van der Waals surface area contributed by atoms with Crippen LogP contribution in [-0.2, 0) is 14.8 Å². The van der Waals surface area contributed by atoms with Crippen LogP contribution in [0.2, 0.25) is 0 Å². The first kappa shape index (κ1) is 14.4. The summed E-state index contributed by atoms with van der Waals surface area (Å²) in [6, 6.07) is 5.97. The van der Waals surface area contributed by atoms with Gasteiger partial charge in [0.25, 0.3) is 5.91 Å². The average Bonchev–Trinajstić information content (AvgIpc) is 2.29. The molecule has 0 aliphatic heterocycles. The second-order valence-electron chi connectivity index (χ2n) is 4.05. The molecule has 0 bridgehead atoms. The number of carbonyl (C=O) groups excluding carboxylic acids is 1. The third kappa shape index (κ3) is 3.18. The molecule has 5 nitrogen and oxygen atoms in total. The number of benzene rings is 1. The predicted octanol–water partition coefficient (Wildman–Crippen LogP) is 1.45. The fraction of sp³-hybridized carbons (Fsp3) is 0.250. The van der Waals surface area contributed by atoms with Crippen molar-refractivity contribution in [3.8, 4) is 0 Å². The Morgan fingerprint density at radius 3 is 2.11 bits per heavy atom. The van der Waals surface area contributed by atoms with E-state index in [2.05, 4.69) is 11.9 Å². The molecule has 0 unspecified atom stereocenters. The van der Waals surface area contributed by atoms with Gasteiger partial charge in [0.1, 0.15) is 0 Å². The number of anilines is 1. The second kappa shape index (κ2) is 5.32. The van der Waals surface area contributed by atoms with Crippen molar-refractivity contribution >= 4 is 21.6 Å². The largest absolute Gasteiger partial charge is 0.322 e. The van der Waals surface area contributed by atoms with Gasteiger partial charge >= 0.3 is 0 Å². The van der Waals surface area contributed by atoms with Crippen LogP contribution >= 0.6 is 0 Å². The van der Waals surface area contributed by atoms with Crippen molar-refractivity contribution in [2.24, 2.45) is 0 Å². The van der Waals surface area contributed by atoms with E-state index < -0.39 is 10.0 Å². The lowest BCUT2D eigenvalue weighted by Gasteiger charge is -2.11. The lowest BCUT2D eigenvalue weighted by molar-refractivity contribution is -0.112. The summed E-state index contributed by atoms with van der Waals surface area (Å²) < 4.78 is 24.7. The zero-order chi connectivity index (χ0) is 13.9. The number of amides is 1. The van der Waals surface area contributed by atoms with Crippen molar-refractivity contribution in [3.63, 3.8) is 0 Å². The third-order valence-corrected chi connectivity index (χ3v) is 4.11. The van der Waals surface area contributed by atoms with Gasteiger partial charge in [0, 0.05) is 25.4 Å². The molecule has 0 aromatic heterocycles. The van der Waals surface area contributed by atoms with Gasteiger partial charge in [0.05, 0.1) is 4.90 Å². The van der Waals surface area contributed by atoms with E-state index >= 15 is 0 Å². The lowest BCUT2D eigenvalue weighted by atomic mass is 10.3. The zero-order valence-electron chi connectivity index (χ0n) is 10.6. The maximum Gasteiger partial charge on any atom is 0.250 e. The molecule has 0 spiro atoms. The molecule has 0 heterocycles. The third-order valence-electron chi connectivity index (χ3n) is 2.28. The van der Waals surface area contributed by atoms with Gasteiger partial charge in [-0.1, -0.05) is 6.58 Å². The molecule has 0 saturated heterocycles. The van der Waals surface area contributed by atoms with Gasteiger partial charge < -0.3 is 5.32 Å². The summed E-state index contributed by atoms with van der Waals surface area (Å²) in [5.74, 6) is -0.293. The molecule has 1 aromatic carbocycles. The molecule has 0 fully saturated rings. The average molecular weight is 268 g/mol. The molecule has 98 valence electrons. The van der Waals surface area contributed by atoms with Crippen molar-refractivity contribution in [2.45, 2.75) is 11.8 Å². The molecule has 18 heavy (non-hydrogen) atoms. The summed E-state index contributed by atoms with van der Waals surface area (Å²) in [6.45, 7) is 5.11. The fourth-order valence-electron chi connectivity index (χ4n) is 1.16. The van der Waals surface area contributed by atoms with Crippen LogP contribution in [0.5, 0.6) is 0 Å². The number of hydrogen-bond donors (Lipinski definition) is 1. The molecule has 0 radical (unpaired) electrons. The van der Waals surface area contributed by atoms with Crippen molar-refractivity contribution in [1.29, 1.82) is 0 Å². The Labute approximate surface area is 107 Å². The van der Waals surface area contributed by atoms with Crippen LogP contribution in [0.15, 0.2) is 41.3 Å². The van der Waals surface area contributed by atoms with Gasteiger partial charge in [-0.25, -0.2) is 12.7 Å². The molecule has 1 rings (SSSR count). The second-order valence-corrected chi connectivity index (χ2v) is 6.20. The van der Waals surface area contributed by atoms with E-state index in [4.69, 9.17) is 0 Å². The van der Waals surface area contributed by atoms with Gasteiger partial charge in [-0.3, -0.25) is 4.79 Å². The van der Waals surface area contributed by atoms with Crippen LogP contribution in [0.25, 0.3) is 0 Å². The normalized spacial score (nSPS) is 11.3. The van der Waals surface area contributed by atoms with Crippen LogP contribution in [-0.4, -0.2) is 32.7 Å². The maximum atomic E-state index is 11.8. The summed E-state index contributed by atoms with van der Waals surface area (Å²) in [5, 5.41) is 2.60. The van der Waals surface area contributed by atoms with Crippen molar-refractivity contribution < 1.29 is 13.2 Å². The van der Waals surface area contributed by atoms with Crippen molar-refractivity contribution in [3.05, 3.63) is 36.4 Å². The number of carbonyl (C=O) groups is 1. The Hall–Kier alpha value is -1.66. The Kier molecular flexibility index (Phi) is 4.26.